The molecule has 0 saturated heterocycles. The molecule has 0 fully saturated rings. The number of hydrogen-bond donors (Lipinski definition) is 0. The third-order valence-corrected chi connectivity index (χ3v) is 3.36. The topological polar surface area (TPSA) is 52.6 Å². The van der Waals surface area contributed by atoms with Crippen LogP contribution in [0.1, 0.15) is 9.67 Å². The lowest BCUT2D eigenvalue weighted by Crippen LogP contribution is -2.06. The Morgan fingerprint density at radius 3 is 2.60 bits per heavy atom. The predicted octanol–water partition coefficient (Wildman–Crippen LogP) is 1.50. The molecule has 4 nitrogen and oxygen atoms in total. The third-order valence-electron chi connectivity index (χ3n) is 1.93. The van der Waals surface area contributed by atoms with Gasteiger partial charge in [0.05, 0.1) is 19.9 Å². The maximum atomic E-state index is 12.0. The van der Waals surface area contributed by atoms with Gasteiger partial charge >= 0.3 is 0 Å². The Morgan fingerprint density at radius 2 is 2.13 bits per heavy atom. The highest BCUT2D eigenvalue weighted by molar-refractivity contribution is 7.91. The van der Waals surface area contributed by atoms with Gasteiger partial charge in [-0.15, -0.1) is 0 Å². The zero-order chi connectivity index (χ0) is 13.3. The summed E-state index contributed by atoms with van der Waals surface area (Å²) in [5, 5.41) is 0. The van der Waals surface area contributed by atoms with Crippen LogP contribution in [0.15, 0.2) is 23.1 Å². The highest BCUT2D eigenvalue weighted by Crippen LogP contribution is 2.34. The van der Waals surface area contributed by atoms with Gasteiger partial charge < -0.3 is 9.47 Å². The summed E-state index contributed by atoms with van der Waals surface area (Å²) in [7, 11) is -1.43. The van der Waals surface area contributed by atoms with Gasteiger partial charge in [-0.1, -0.05) is 13.0 Å². The summed E-state index contributed by atoms with van der Waals surface area (Å²) in [6.07, 6.45) is 0. The molecule has 1 aromatic rings. The lowest BCUT2D eigenvalue weighted by molar-refractivity contribution is 0.347. The average molecular weight is 231 g/mol. The lowest BCUT2D eigenvalue weighted by Gasteiger charge is -2.11. The van der Waals surface area contributed by atoms with Gasteiger partial charge in [0, 0.05) is 2.74 Å². The van der Waals surface area contributed by atoms with E-state index in [2.05, 4.69) is 0 Å². The summed E-state index contributed by atoms with van der Waals surface area (Å²) in [5.74, 6) is 0.263. The molecule has 0 amide bonds. The van der Waals surface area contributed by atoms with Gasteiger partial charge in [0.25, 0.3) is 0 Å². The van der Waals surface area contributed by atoms with Crippen molar-refractivity contribution in [1.82, 2.24) is 0 Å². The largest absolute Gasteiger partial charge is 0.493 e. The zero-order valence-electron chi connectivity index (χ0n) is 10.8. The van der Waals surface area contributed by atoms with Crippen molar-refractivity contribution in [3.8, 4) is 11.5 Å². The molecule has 5 heteroatoms. The minimum absolute atomic E-state index is 0.0146. The van der Waals surface area contributed by atoms with Crippen molar-refractivity contribution < 1.29 is 20.6 Å². The Morgan fingerprint density at radius 1 is 1.47 bits per heavy atom. The van der Waals surface area contributed by atoms with Crippen LogP contribution in [0.5, 0.6) is 11.5 Å². The summed E-state index contributed by atoms with van der Waals surface area (Å²) in [4.78, 5) is -0.216. The molecule has 1 unspecified atom stereocenters. The number of para-hydroxylation sites is 1. The SMILES string of the molecule is [1H]C([2H])(C)S(=O)(=O)c1cccc(OC)c1OC. The van der Waals surface area contributed by atoms with E-state index in [1.54, 1.807) is 6.07 Å². The average Bonchev–Trinajstić information content (AvgIpc) is 2.26. The Kier molecular flexibility index (Phi) is 2.72. The van der Waals surface area contributed by atoms with E-state index < -0.39 is 15.5 Å². The van der Waals surface area contributed by atoms with Crippen molar-refractivity contribution in [3.05, 3.63) is 18.2 Å². The maximum Gasteiger partial charge on any atom is 0.181 e. The van der Waals surface area contributed by atoms with Crippen molar-refractivity contribution in [3.63, 3.8) is 0 Å². The second-order valence-corrected chi connectivity index (χ2v) is 4.55. The van der Waals surface area contributed by atoms with Gasteiger partial charge in [-0.05, 0) is 12.1 Å². The van der Waals surface area contributed by atoms with Crippen LogP contribution in [-0.2, 0) is 9.84 Å². The molecule has 0 bridgehead atoms. The van der Waals surface area contributed by atoms with Crippen molar-refractivity contribution in [2.75, 3.05) is 19.9 Å². The highest BCUT2D eigenvalue weighted by Gasteiger charge is 2.20. The van der Waals surface area contributed by atoms with E-state index in [4.69, 9.17) is 12.2 Å². The summed E-state index contributed by atoms with van der Waals surface area (Å²) in [5.41, 5.74) is -2.38. The number of methoxy groups -OCH3 is 2. The number of ether oxygens (including phenoxy) is 2. The molecule has 1 aromatic carbocycles. The number of rotatable bonds is 4. The first kappa shape index (κ1) is 9.03. The molecule has 0 aliphatic carbocycles. The van der Waals surface area contributed by atoms with E-state index in [1.807, 2.05) is 0 Å². The van der Waals surface area contributed by atoms with E-state index in [0.29, 0.717) is 0 Å². The molecule has 84 valence electrons. The van der Waals surface area contributed by atoms with Gasteiger partial charge in [0.2, 0.25) is 0 Å². The van der Waals surface area contributed by atoms with Crippen molar-refractivity contribution in [1.29, 1.82) is 0 Å². The van der Waals surface area contributed by atoms with Crippen LogP contribution < -0.4 is 9.47 Å². The van der Waals surface area contributed by atoms with Gasteiger partial charge in [-0.2, -0.15) is 0 Å². The standard InChI is InChI=1S/C10H14O4S/c1-4-15(11,12)9-7-5-6-8(13-2)10(9)14-3/h5-7H,4H2,1-3H3/i4DH. The Labute approximate surface area is 92.6 Å². The van der Waals surface area contributed by atoms with Gasteiger partial charge in [0.1, 0.15) is 4.90 Å². The fourth-order valence-corrected chi connectivity index (χ4v) is 2.08. The van der Waals surface area contributed by atoms with Crippen molar-refractivity contribution in [2.45, 2.75) is 11.8 Å². The highest BCUT2D eigenvalue weighted by atomic mass is 32.2. The monoisotopic (exact) mass is 231 g/mol. The molecule has 0 spiro atoms. The van der Waals surface area contributed by atoms with Gasteiger partial charge in [-0.3, -0.25) is 0 Å². The number of benzene rings is 1. The molecule has 0 heterocycles. The van der Waals surface area contributed by atoms with E-state index in [-0.39, 0.29) is 16.4 Å². The Hall–Kier alpha value is -1.23. The zero-order valence-corrected chi connectivity index (χ0v) is 9.59. The van der Waals surface area contributed by atoms with Crippen LogP contribution in [0.4, 0.5) is 0 Å². The van der Waals surface area contributed by atoms with Crippen molar-refractivity contribution in [2.24, 2.45) is 0 Å². The first-order valence-corrected chi connectivity index (χ1v) is 5.69. The maximum absolute atomic E-state index is 12.0. The summed E-state index contributed by atoms with van der Waals surface area (Å²) >= 11 is 0. The first-order chi connectivity index (χ1) is 7.75. The van der Waals surface area contributed by atoms with E-state index >= 15 is 0 Å². The second-order valence-electron chi connectivity index (χ2n) is 2.70. The Bertz CT molecular complexity index is 506. The van der Waals surface area contributed by atoms with Crippen LogP contribution in [-0.4, -0.2) is 28.3 Å². The van der Waals surface area contributed by atoms with Crippen LogP contribution in [0.3, 0.4) is 0 Å². The number of sulfone groups is 1. The predicted molar refractivity (Wildman–Crippen MR) is 57.3 cm³/mol. The van der Waals surface area contributed by atoms with Crippen LogP contribution in [0.2, 0.25) is 0 Å². The molecule has 1 atom stereocenters. The summed E-state index contributed by atoms with van der Waals surface area (Å²) < 4.78 is 48.6. The molecule has 15 heavy (non-hydrogen) atoms. The van der Waals surface area contributed by atoms with Crippen LogP contribution in [0.25, 0.3) is 0 Å². The second kappa shape index (κ2) is 4.53. The molecule has 0 radical (unpaired) electrons. The third kappa shape index (κ3) is 2.23. The first-order valence-electron chi connectivity index (χ1n) is 5.21. The van der Waals surface area contributed by atoms with E-state index in [9.17, 15) is 8.42 Å². The molecule has 0 aliphatic rings. The lowest BCUT2D eigenvalue weighted by atomic mass is 10.3. The van der Waals surface area contributed by atoms with Crippen LogP contribution in [0, 0.1) is 0 Å². The van der Waals surface area contributed by atoms with Crippen molar-refractivity contribution >= 4 is 9.84 Å². The molecule has 0 N–H and O–H groups in total. The molecule has 0 aromatic heterocycles. The molecular weight excluding hydrogens is 216 g/mol. The molecule has 0 saturated carbocycles. The minimum Gasteiger partial charge on any atom is -0.493 e. The van der Waals surface area contributed by atoms with E-state index in [1.165, 1.54) is 26.4 Å². The Balaban J connectivity index is 3.53. The summed E-state index contributed by atoms with van der Waals surface area (Å²) in [6.45, 7) is 0.987. The fraction of sp³-hybridized carbons (Fsp3) is 0.400. The fourth-order valence-electron chi connectivity index (χ4n) is 1.18. The smallest absolute Gasteiger partial charge is 0.181 e. The number of hydrogen-bond acceptors (Lipinski definition) is 4. The normalized spacial score (nSPS) is 17.3. The van der Waals surface area contributed by atoms with E-state index in [0.717, 1.165) is 6.92 Å². The minimum atomic E-state index is -4.12. The quantitative estimate of drug-likeness (QED) is 0.788. The molecular formula is C10H14O4S. The van der Waals surface area contributed by atoms with Gasteiger partial charge in [-0.25, -0.2) is 8.42 Å². The van der Waals surface area contributed by atoms with Crippen LogP contribution >= 0.6 is 0 Å². The van der Waals surface area contributed by atoms with Gasteiger partial charge in [0.15, 0.2) is 21.3 Å². The summed E-state index contributed by atoms with van der Waals surface area (Å²) in [6, 6.07) is 4.31. The molecule has 1 rings (SSSR count). The molecule has 0 aliphatic heterocycles.